The van der Waals surface area contributed by atoms with E-state index in [0.29, 0.717) is 11.2 Å². The molecule has 15 heteroatoms. The van der Waals surface area contributed by atoms with Crippen LogP contribution in [0.4, 0.5) is 5.95 Å². The lowest BCUT2D eigenvalue weighted by Crippen LogP contribution is -2.40. The van der Waals surface area contributed by atoms with Gasteiger partial charge in [-0.15, -0.1) is 4.52 Å². The van der Waals surface area contributed by atoms with Crippen molar-refractivity contribution in [2.45, 2.75) is 49.7 Å². The minimum Gasteiger partial charge on any atom is -0.479 e. The number of anilines is 1. The van der Waals surface area contributed by atoms with Crippen LogP contribution in [-0.4, -0.2) is 86.0 Å². The number of esters is 1. The lowest BCUT2D eigenvalue weighted by atomic mass is 10.1. The molecule has 1 aliphatic heterocycles. The number of aliphatic hydroxyl groups is 2. The van der Waals surface area contributed by atoms with Gasteiger partial charge in [0.1, 0.15) is 36.1 Å². The zero-order chi connectivity index (χ0) is 24.0. The molecule has 4 rings (SSSR count). The normalized spacial score (nSPS) is 30.8. The van der Waals surface area contributed by atoms with Gasteiger partial charge < -0.3 is 34.7 Å². The molecule has 0 bridgehead atoms. The number of imidazole rings is 1. The quantitative estimate of drug-likeness (QED) is 0.247. The number of ether oxygens (including phenoxy) is 3. The van der Waals surface area contributed by atoms with Crippen LogP contribution >= 0.6 is 8.18 Å². The Hall–Kier alpha value is -2.48. The predicted octanol–water partition coefficient (Wildman–Crippen LogP) is -0.562. The maximum absolute atomic E-state index is 12.0. The summed E-state index contributed by atoms with van der Waals surface area (Å²) in [7, 11) is -0.883. The van der Waals surface area contributed by atoms with Crippen molar-refractivity contribution < 1.29 is 38.3 Å². The van der Waals surface area contributed by atoms with Crippen molar-refractivity contribution >= 4 is 31.3 Å². The number of nitrogens with one attached hydrogen (secondary N) is 1. The predicted molar refractivity (Wildman–Crippen MR) is 112 cm³/mol. The molecule has 0 radical (unpaired) electrons. The van der Waals surface area contributed by atoms with Gasteiger partial charge in [-0.3, -0.25) is 4.79 Å². The summed E-state index contributed by atoms with van der Waals surface area (Å²) in [5.41, 5.74) is 3.59. The Kier molecular flexibility index (Phi) is 6.24. The number of rotatable bonds is 10. The monoisotopic (exact) mass is 485 g/mol. The average Bonchev–Trinajstić information content (AvgIpc) is 3.01. The molecule has 0 aromatic carbocycles. The highest BCUT2D eigenvalue weighted by atomic mass is 31.1. The minimum atomic E-state index is -2.31. The number of carbonyl (C=O) groups excluding carboxylic acids is 1. The highest BCUT2D eigenvalue weighted by molar-refractivity contribution is 7.36. The van der Waals surface area contributed by atoms with Crippen LogP contribution in [0.3, 0.4) is 0 Å². The molecule has 0 amide bonds. The van der Waals surface area contributed by atoms with Gasteiger partial charge >= 0.3 is 14.1 Å². The zero-order valence-corrected chi connectivity index (χ0v) is 19.2. The van der Waals surface area contributed by atoms with Crippen molar-refractivity contribution in [3.8, 4) is 5.88 Å². The summed E-state index contributed by atoms with van der Waals surface area (Å²) in [6, 6.07) is -0.711. The van der Waals surface area contributed by atoms with Crippen LogP contribution in [0.15, 0.2) is 6.33 Å². The number of nitrogens with two attached hydrogens (primary N) is 1. The van der Waals surface area contributed by atoms with E-state index in [4.69, 9.17) is 24.5 Å². The number of hydrogen-bond donors (Lipinski definition) is 4. The van der Waals surface area contributed by atoms with Gasteiger partial charge in [0.15, 0.2) is 11.2 Å². The maximum atomic E-state index is 12.0. The van der Waals surface area contributed by atoms with E-state index in [0.717, 1.165) is 0 Å². The fraction of sp³-hybridized carbons (Fsp3) is 0.667. The van der Waals surface area contributed by atoms with E-state index in [2.05, 4.69) is 20.0 Å². The van der Waals surface area contributed by atoms with Crippen LogP contribution in [0.25, 0.3) is 11.2 Å². The van der Waals surface area contributed by atoms with E-state index < -0.39 is 43.6 Å². The Morgan fingerprint density at radius 2 is 2.21 bits per heavy atom. The number of nitrogen functional groups attached to an aromatic ring is 1. The Bertz CT molecular complexity index is 1080. The van der Waals surface area contributed by atoms with E-state index in [1.807, 2.05) is 0 Å². The second-order valence-corrected chi connectivity index (χ2v) is 8.96. The summed E-state index contributed by atoms with van der Waals surface area (Å²) < 4.78 is 34.7. The van der Waals surface area contributed by atoms with Gasteiger partial charge in [-0.05, 0) is 18.4 Å². The van der Waals surface area contributed by atoms with Gasteiger partial charge in [-0.1, -0.05) is 5.09 Å². The minimum absolute atomic E-state index is 0.0314. The summed E-state index contributed by atoms with van der Waals surface area (Å²) >= 11 is 0. The van der Waals surface area contributed by atoms with Gasteiger partial charge in [0.05, 0.1) is 33.0 Å². The number of methoxy groups -OCH3 is 1. The summed E-state index contributed by atoms with van der Waals surface area (Å²) in [6.07, 6.45) is -0.780. The van der Waals surface area contributed by atoms with Gasteiger partial charge in [-0.25, -0.2) is 4.98 Å². The molecule has 1 saturated carbocycles. The Labute approximate surface area is 189 Å². The van der Waals surface area contributed by atoms with Crippen molar-refractivity contribution in [1.82, 2.24) is 24.6 Å². The molecular formula is C18H26N6O8P+. The topological polar surface area (TPSA) is 193 Å². The van der Waals surface area contributed by atoms with Crippen molar-refractivity contribution in [1.29, 1.82) is 0 Å². The second-order valence-electron chi connectivity index (χ2n) is 7.87. The fourth-order valence-electron chi connectivity index (χ4n) is 4.36. The lowest BCUT2D eigenvalue weighted by molar-refractivity contribution is -0.142. The third-order valence-corrected chi connectivity index (χ3v) is 6.82. The summed E-state index contributed by atoms with van der Waals surface area (Å²) in [6.45, 7) is 3.48. The fourth-order valence-corrected chi connectivity index (χ4v) is 5.03. The summed E-state index contributed by atoms with van der Waals surface area (Å²) in [4.78, 5) is 23.7. The molecule has 2 aromatic rings. The zero-order valence-electron chi connectivity index (χ0n) is 18.3. The van der Waals surface area contributed by atoms with Crippen molar-refractivity contribution in [2.75, 3.05) is 32.6 Å². The standard InChI is InChI=1S/C18H26N6O8P/c1-4-30-10(25)5-6-21-33(28)31-7-9-12(26)18(27)15(17(18,2)32-9)24-8-20-11-13(24)22-16(19)23-14(11)29-3/h8-9,12,15,26-27H,4-7H2,1-3H3,(H,21,28)(H2,19,22,23)/q+1. The second kappa shape index (κ2) is 8.70. The Balaban J connectivity index is 1.39. The van der Waals surface area contributed by atoms with Gasteiger partial charge in [0.25, 0.3) is 0 Å². The number of aliphatic hydroxyl groups excluding tert-OH is 1. The number of carbonyl (C=O) groups is 1. The molecule has 5 N–H and O–H groups in total. The van der Waals surface area contributed by atoms with Crippen LogP contribution in [0, 0.1) is 0 Å². The van der Waals surface area contributed by atoms with Gasteiger partial charge in [0, 0.05) is 0 Å². The molecule has 1 saturated heterocycles. The highest BCUT2D eigenvalue weighted by Crippen LogP contribution is 2.67. The van der Waals surface area contributed by atoms with Crippen molar-refractivity contribution in [3.63, 3.8) is 0 Å². The number of fused-ring (bicyclic) bond motifs is 2. The molecule has 14 nitrogen and oxygen atoms in total. The molecule has 6 atom stereocenters. The van der Waals surface area contributed by atoms with E-state index >= 15 is 0 Å². The first kappa shape index (κ1) is 23.7. The van der Waals surface area contributed by atoms with E-state index in [9.17, 15) is 19.6 Å². The molecule has 2 aromatic heterocycles. The maximum Gasteiger partial charge on any atom is 0.613 e. The first-order valence-electron chi connectivity index (χ1n) is 10.3. The third kappa shape index (κ3) is 3.82. The number of aromatic nitrogens is 4. The molecule has 33 heavy (non-hydrogen) atoms. The smallest absolute Gasteiger partial charge is 0.479 e. The van der Waals surface area contributed by atoms with Crippen molar-refractivity contribution in [2.24, 2.45) is 0 Å². The van der Waals surface area contributed by atoms with E-state index in [1.54, 1.807) is 18.4 Å². The average molecular weight is 485 g/mol. The molecular weight excluding hydrogens is 459 g/mol. The highest BCUT2D eigenvalue weighted by Gasteiger charge is 2.85. The van der Waals surface area contributed by atoms with Gasteiger partial charge in [-0.2, -0.15) is 9.97 Å². The van der Waals surface area contributed by atoms with Crippen molar-refractivity contribution in [3.05, 3.63) is 6.33 Å². The lowest BCUT2D eigenvalue weighted by Gasteiger charge is -2.21. The van der Waals surface area contributed by atoms with Crippen LogP contribution in [-0.2, 0) is 23.4 Å². The molecule has 180 valence electrons. The molecule has 2 fully saturated rings. The molecule has 3 heterocycles. The van der Waals surface area contributed by atoms with Gasteiger partial charge in [0.2, 0.25) is 11.8 Å². The molecule has 0 spiro atoms. The SMILES string of the molecule is CCOC(=O)CCN[P+](=O)OCC1OC2(C)C(n3cnc4c(OC)nc(N)nc43)C2(O)C1O. The van der Waals surface area contributed by atoms with Crippen LogP contribution in [0.5, 0.6) is 5.88 Å². The molecule has 2 aliphatic rings. The van der Waals surface area contributed by atoms with Crippen LogP contribution in [0.2, 0.25) is 0 Å². The van der Waals surface area contributed by atoms with Crippen LogP contribution < -0.4 is 15.6 Å². The first-order chi connectivity index (χ1) is 15.7. The largest absolute Gasteiger partial charge is 0.613 e. The first-order valence-corrected chi connectivity index (χ1v) is 11.5. The Morgan fingerprint density at radius 1 is 1.45 bits per heavy atom. The Morgan fingerprint density at radius 3 is 2.85 bits per heavy atom. The van der Waals surface area contributed by atoms with Crippen LogP contribution in [0.1, 0.15) is 26.3 Å². The summed E-state index contributed by atoms with van der Waals surface area (Å²) in [5, 5.41) is 24.6. The third-order valence-electron chi connectivity index (χ3n) is 5.96. The number of hydrogen-bond acceptors (Lipinski definition) is 12. The number of nitrogens with zero attached hydrogens (tertiary/aromatic N) is 4. The summed E-state index contributed by atoms with van der Waals surface area (Å²) in [5.74, 6) is -0.261. The van der Waals surface area contributed by atoms with E-state index in [1.165, 1.54) is 13.4 Å². The van der Waals surface area contributed by atoms with E-state index in [-0.39, 0.29) is 38.0 Å². The molecule has 1 aliphatic carbocycles. The molecule has 6 unspecified atom stereocenters.